The van der Waals surface area contributed by atoms with Crippen molar-refractivity contribution in [3.05, 3.63) is 45.6 Å². The van der Waals surface area contributed by atoms with Gasteiger partial charge in [0.2, 0.25) is 11.8 Å². The highest BCUT2D eigenvalue weighted by molar-refractivity contribution is 6.35. The molecule has 0 spiro atoms. The standard InChI is InChI=1S/C15H17Cl2N3O/c1-3-21-14-8-10(2)19-15(20-14)18-7-6-11-4-5-12(16)9-13(11)17/h4-5,8-9H,3,6-7H2,1-2H3,(H,18,19,20). The number of nitrogens with zero attached hydrogens (tertiary/aromatic N) is 2. The predicted molar refractivity (Wildman–Crippen MR) is 86.6 cm³/mol. The average molecular weight is 326 g/mol. The summed E-state index contributed by atoms with van der Waals surface area (Å²) in [5, 5.41) is 4.49. The van der Waals surface area contributed by atoms with Gasteiger partial charge in [0.15, 0.2) is 0 Å². The molecule has 0 amide bonds. The highest BCUT2D eigenvalue weighted by Crippen LogP contribution is 2.21. The van der Waals surface area contributed by atoms with Gasteiger partial charge in [-0.05, 0) is 38.0 Å². The third kappa shape index (κ3) is 4.76. The van der Waals surface area contributed by atoms with Crippen LogP contribution in [0.25, 0.3) is 0 Å². The first-order valence-electron chi connectivity index (χ1n) is 6.74. The van der Waals surface area contributed by atoms with Crippen molar-refractivity contribution in [1.82, 2.24) is 9.97 Å². The minimum Gasteiger partial charge on any atom is -0.478 e. The van der Waals surface area contributed by atoms with Crippen molar-refractivity contribution in [2.75, 3.05) is 18.5 Å². The van der Waals surface area contributed by atoms with Crippen molar-refractivity contribution in [1.29, 1.82) is 0 Å². The molecule has 0 fully saturated rings. The third-order valence-corrected chi connectivity index (χ3v) is 3.40. The highest BCUT2D eigenvalue weighted by atomic mass is 35.5. The van der Waals surface area contributed by atoms with Crippen LogP contribution in [0.15, 0.2) is 24.3 Å². The Labute approximate surface area is 134 Å². The number of hydrogen-bond acceptors (Lipinski definition) is 4. The van der Waals surface area contributed by atoms with Crippen LogP contribution in [0.2, 0.25) is 10.0 Å². The number of aryl methyl sites for hydroxylation is 1. The molecule has 0 bridgehead atoms. The summed E-state index contributed by atoms with van der Waals surface area (Å²) < 4.78 is 5.40. The van der Waals surface area contributed by atoms with Gasteiger partial charge in [-0.15, -0.1) is 0 Å². The van der Waals surface area contributed by atoms with E-state index in [4.69, 9.17) is 27.9 Å². The molecule has 0 aliphatic heterocycles. The first kappa shape index (κ1) is 15.9. The Hall–Kier alpha value is -1.52. The third-order valence-electron chi connectivity index (χ3n) is 2.82. The number of halogens is 2. The molecule has 1 aromatic heterocycles. The summed E-state index contributed by atoms with van der Waals surface area (Å²) in [5.41, 5.74) is 1.90. The molecule has 2 aromatic rings. The molecule has 112 valence electrons. The van der Waals surface area contributed by atoms with Gasteiger partial charge in [0, 0.05) is 28.4 Å². The summed E-state index contributed by atoms with van der Waals surface area (Å²) in [6, 6.07) is 7.31. The molecule has 0 unspecified atom stereocenters. The molecule has 0 aliphatic carbocycles. The Morgan fingerprint density at radius 2 is 2.00 bits per heavy atom. The van der Waals surface area contributed by atoms with E-state index in [9.17, 15) is 0 Å². The molecule has 1 aromatic carbocycles. The van der Waals surface area contributed by atoms with Crippen LogP contribution in [0.5, 0.6) is 5.88 Å². The lowest BCUT2D eigenvalue weighted by Crippen LogP contribution is -2.09. The van der Waals surface area contributed by atoms with Crippen LogP contribution >= 0.6 is 23.2 Å². The van der Waals surface area contributed by atoms with Crippen molar-refractivity contribution in [2.24, 2.45) is 0 Å². The molecular formula is C15H17Cl2N3O. The van der Waals surface area contributed by atoms with E-state index in [1.807, 2.05) is 32.0 Å². The molecule has 1 heterocycles. The molecule has 0 saturated carbocycles. The summed E-state index contributed by atoms with van der Waals surface area (Å²) in [6.45, 7) is 5.09. The van der Waals surface area contributed by atoms with E-state index in [0.717, 1.165) is 17.7 Å². The Kier molecular flexibility index (Phi) is 5.65. The molecule has 21 heavy (non-hydrogen) atoms. The van der Waals surface area contributed by atoms with Crippen molar-refractivity contribution >= 4 is 29.2 Å². The second-order valence-electron chi connectivity index (χ2n) is 4.52. The number of benzene rings is 1. The molecule has 1 N–H and O–H groups in total. The maximum atomic E-state index is 6.14. The van der Waals surface area contributed by atoms with Gasteiger partial charge >= 0.3 is 0 Å². The molecule has 0 aliphatic rings. The lowest BCUT2D eigenvalue weighted by molar-refractivity contribution is 0.326. The van der Waals surface area contributed by atoms with Gasteiger partial charge in [-0.25, -0.2) is 4.98 Å². The summed E-state index contributed by atoms with van der Waals surface area (Å²) in [7, 11) is 0. The van der Waals surface area contributed by atoms with Gasteiger partial charge < -0.3 is 10.1 Å². The Morgan fingerprint density at radius 3 is 2.71 bits per heavy atom. The molecule has 0 radical (unpaired) electrons. The van der Waals surface area contributed by atoms with Crippen LogP contribution in [0.4, 0.5) is 5.95 Å². The monoisotopic (exact) mass is 325 g/mol. The van der Waals surface area contributed by atoms with Gasteiger partial charge in [0.25, 0.3) is 0 Å². The van der Waals surface area contributed by atoms with Gasteiger partial charge in [-0.1, -0.05) is 29.3 Å². The first-order valence-corrected chi connectivity index (χ1v) is 7.50. The van der Waals surface area contributed by atoms with Gasteiger partial charge in [-0.2, -0.15) is 4.98 Å². The minimum atomic E-state index is 0.559. The second-order valence-corrected chi connectivity index (χ2v) is 5.36. The van der Waals surface area contributed by atoms with Crippen molar-refractivity contribution in [3.63, 3.8) is 0 Å². The Balaban J connectivity index is 1.96. The zero-order valence-corrected chi connectivity index (χ0v) is 13.5. The Morgan fingerprint density at radius 1 is 1.19 bits per heavy atom. The van der Waals surface area contributed by atoms with Crippen LogP contribution in [0.3, 0.4) is 0 Å². The summed E-state index contributed by atoms with van der Waals surface area (Å²) >= 11 is 12.0. The average Bonchev–Trinajstić information content (AvgIpc) is 2.41. The highest BCUT2D eigenvalue weighted by Gasteiger charge is 2.04. The van der Waals surface area contributed by atoms with Crippen molar-refractivity contribution in [3.8, 4) is 5.88 Å². The maximum absolute atomic E-state index is 6.14. The lowest BCUT2D eigenvalue weighted by atomic mass is 10.1. The normalized spacial score (nSPS) is 10.5. The van der Waals surface area contributed by atoms with Crippen LogP contribution in [-0.4, -0.2) is 23.1 Å². The number of aromatic nitrogens is 2. The van der Waals surface area contributed by atoms with Crippen LogP contribution in [0.1, 0.15) is 18.2 Å². The van der Waals surface area contributed by atoms with Gasteiger partial charge in [0.1, 0.15) is 0 Å². The molecule has 0 atom stereocenters. The molecular weight excluding hydrogens is 309 g/mol. The number of hydrogen-bond donors (Lipinski definition) is 1. The Bertz CT molecular complexity index is 620. The summed E-state index contributed by atoms with van der Waals surface area (Å²) in [4.78, 5) is 8.62. The van der Waals surface area contributed by atoms with E-state index in [1.165, 1.54) is 0 Å². The van der Waals surface area contributed by atoms with E-state index in [1.54, 1.807) is 6.07 Å². The number of rotatable bonds is 6. The fraction of sp³-hybridized carbons (Fsp3) is 0.333. The lowest BCUT2D eigenvalue weighted by Gasteiger charge is -2.09. The zero-order chi connectivity index (χ0) is 15.2. The largest absolute Gasteiger partial charge is 0.478 e. The number of anilines is 1. The molecule has 4 nitrogen and oxygen atoms in total. The predicted octanol–water partition coefficient (Wildman–Crippen LogP) is 4.15. The van der Waals surface area contributed by atoms with Crippen LogP contribution in [-0.2, 0) is 6.42 Å². The van der Waals surface area contributed by atoms with Crippen LogP contribution < -0.4 is 10.1 Å². The van der Waals surface area contributed by atoms with Crippen molar-refractivity contribution in [2.45, 2.75) is 20.3 Å². The number of nitrogens with one attached hydrogen (secondary N) is 1. The topological polar surface area (TPSA) is 47.0 Å². The smallest absolute Gasteiger partial charge is 0.226 e. The maximum Gasteiger partial charge on any atom is 0.226 e. The molecule has 0 saturated heterocycles. The second kappa shape index (κ2) is 7.48. The SMILES string of the molecule is CCOc1cc(C)nc(NCCc2ccc(Cl)cc2Cl)n1. The summed E-state index contributed by atoms with van der Waals surface area (Å²) in [5.74, 6) is 1.14. The van der Waals surface area contributed by atoms with E-state index >= 15 is 0 Å². The first-order chi connectivity index (χ1) is 10.1. The van der Waals surface area contributed by atoms with Gasteiger partial charge in [-0.3, -0.25) is 0 Å². The fourth-order valence-corrected chi connectivity index (χ4v) is 2.38. The van der Waals surface area contributed by atoms with E-state index in [-0.39, 0.29) is 0 Å². The van der Waals surface area contributed by atoms with E-state index < -0.39 is 0 Å². The summed E-state index contributed by atoms with van der Waals surface area (Å²) in [6.07, 6.45) is 0.761. The van der Waals surface area contributed by atoms with Gasteiger partial charge in [0.05, 0.1) is 6.61 Å². The molecule has 6 heteroatoms. The van der Waals surface area contributed by atoms with Crippen LogP contribution in [0, 0.1) is 6.92 Å². The fourth-order valence-electron chi connectivity index (χ4n) is 1.87. The van der Waals surface area contributed by atoms with Crippen molar-refractivity contribution < 1.29 is 4.74 Å². The van der Waals surface area contributed by atoms with E-state index in [2.05, 4.69) is 15.3 Å². The van der Waals surface area contributed by atoms with E-state index in [0.29, 0.717) is 35.0 Å². The zero-order valence-electron chi connectivity index (χ0n) is 12.0. The minimum absolute atomic E-state index is 0.559. The molecule has 2 rings (SSSR count). The quantitative estimate of drug-likeness (QED) is 0.866. The number of ether oxygens (including phenoxy) is 1.